The van der Waals surface area contributed by atoms with Gasteiger partial charge in [0.2, 0.25) is 0 Å². The van der Waals surface area contributed by atoms with Gasteiger partial charge in [0.25, 0.3) is 0 Å². The van der Waals surface area contributed by atoms with Crippen molar-refractivity contribution in [1.29, 1.82) is 0 Å². The zero-order chi connectivity index (χ0) is 30.9. The number of hydrogen-bond acceptors (Lipinski definition) is 7. The lowest BCUT2D eigenvalue weighted by Crippen LogP contribution is -2.16. The van der Waals surface area contributed by atoms with Gasteiger partial charge in [0.15, 0.2) is 21.0 Å². The molecule has 4 aromatic rings. The Balaban J connectivity index is 0.000000369. The number of anilines is 2. The lowest BCUT2D eigenvalue weighted by molar-refractivity contribution is -0.0613. The third kappa shape index (κ3) is 9.52. The Morgan fingerprint density at radius 2 is 1.12 bits per heavy atom. The molecule has 9 heteroatoms. The van der Waals surface area contributed by atoms with E-state index in [0.29, 0.717) is 6.61 Å². The van der Waals surface area contributed by atoms with Crippen molar-refractivity contribution in [2.24, 2.45) is 0 Å². The maximum absolute atomic E-state index is 10.4. The molecule has 0 amide bonds. The highest BCUT2D eigenvalue weighted by Gasteiger charge is 2.29. The number of aryl methyl sites for hydroxylation is 1. The fourth-order valence-corrected chi connectivity index (χ4v) is 6.50. The van der Waals surface area contributed by atoms with Gasteiger partial charge in [-0.2, -0.15) is 0 Å². The molecule has 0 spiro atoms. The molecule has 0 saturated heterocycles. The molecule has 42 heavy (non-hydrogen) atoms. The van der Waals surface area contributed by atoms with Crippen molar-refractivity contribution in [2.45, 2.75) is 46.6 Å². The summed E-state index contributed by atoms with van der Waals surface area (Å²) in [5, 5.41) is 0. The summed E-state index contributed by atoms with van der Waals surface area (Å²) in [7, 11) is 3.79. The van der Waals surface area contributed by atoms with Crippen LogP contribution in [0, 0.1) is 6.92 Å². The molecule has 7 nitrogen and oxygen atoms in total. The molecule has 0 radical (unpaired) electrons. The molecule has 0 saturated carbocycles. The fourth-order valence-electron chi connectivity index (χ4n) is 3.99. The molecule has 4 aromatic carbocycles. The van der Waals surface area contributed by atoms with Crippen LogP contribution >= 0.6 is 0 Å². The van der Waals surface area contributed by atoms with Gasteiger partial charge < -0.3 is 23.8 Å². The number of nitrogens with zero attached hydrogens (tertiary/aromatic N) is 2. The maximum Gasteiger partial charge on any atom is 0.196 e. The first-order chi connectivity index (χ1) is 19.9. The fraction of sp³-hybridized carbons (Fsp3) is 0.273. The van der Waals surface area contributed by atoms with Crippen molar-refractivity contribution in [3.8, 4) is 5.75 Å². The molecule has 4 rings (SSSR count). The van der Waals surface area contributed by atoms with E-state index in [9.17, 15) is 13.0 Å². The number of benzene rings is 4. The number of rotatable bonds is 10. The summed E-state index contributed by atoms with van der Waals surface area (Å²) in [6.07, 6.45) is -0.258. The standard InChI is InChI=1S/C26H33N2O2S.C7H8O3S/c1-7-29-20(2)30-23-12-18-26(19-13-23)31(24-14-8-21(9-15-24)27(3)4)25-16-10-22(11-17-25)28(5)6;1-6-2-4-7(5-3-6)11(8,9)10/h8-20H,7H2,1-6H3;2-5H,1H3,(H,8,9,10)/q+1;/p-1. The minimum absolute atomic E-state index is 0.178. The minimum atomic E-state index is -4.27. The van der Waals surface area contributed by atoms with Crippen LogP contribution in [0.5, 0.6) is 5.75 Å². The summed E-state index contributed by atoms with van der Waals surface area (Å²) in [4.78, 5) is 7.91. The van der Waals surface area contributed by atoms with Crippen LogP contribution in [-0.2, 0) is 25.7 Å². The summed E-state index contributed by atoms with van der Waals surface area (Å²) >= 11 is 0. The Labute approximate surface area is 253 Å². The summed E-state index contributed by atoms with van der Waals surface area (Å²) in [5.74, 6) is 0.819. The van der Waals surface area contributed by atoms with Crippen LogP contribution in [0.15, 0.2) is 117 Å². The second-order valence-electron chi connectivity index (χ2n) is 9.96. The molecule has 0 aliphatic heterocycles. The number of ether oxygens (including phenoxy) is 2. The highest BCUT2D eigenvalue weighted by Crippen LogP contribution is 2.34. The van der Waals surface area contributed by atoms with E-state index in [1.54, 1.807) is 12.1 Å². The summed E-state index contributed by atoms with van der Waals surface area (Å²) in [6, 6.07) is 31.9. The van der Waals surface area contributed by atoms with E-state index in [4.69, 9.17) is 9.47 Å². The zero-order valence-corrected chi connectivity index (χ0v) is 26.9. The van der Waals surface area contributed by atoms with Crippen LogP contribution in [-0.4, -0.2) is 54.1 Å². The highest BCUT2D eigenvalue weighted by atomic mass is 32.2. The van der Waals surface area contributed by atoms with E-state index < -0.39 is 10.1 Å². The zero-order valence-electron chi connectivity index (χ0n) is 25.3. The summed E-state index contributed by atoms with van der Waals surface area (Å²) < 4.78 is 42.5. The first-order valence-corrected chi connectivity index (χ1v) is 16.2. The third-order valence-corrected chi connectivity index (χ3v) is 9.33. The van der Waals surface area contributed by atoms with E-state index in [-0.39, 0.29) is 22.1 Å². The van der Waals surface area contributed by atoms with Gasteiger partial charge in [-0.1, -0.05) is 17.7 Å². The smallest absolute Gasteiger partial charge is 0.196 e. The Morgan fingerprint density at radius 1 is 0.714 bits per heavy atom. The highest BCUT2D eigenvalue weighted by molar-refractivity contribution is 7.97. The predicted molar refractivity (Wildman–Crippen MR) is 171 cm³/mol. The van der Waals surface area contributed by atoms with Gasteiger partial charge in [0, 0.05) is 46.2 Å². The second-order valence-corrected chi connectivity index (χ2v) is 13.4. The number of hydrogen-bond donors (Lipinski definition) is 0. The van der Waals surface area contributed by atoms with Crippen LogP contribution < -0.4 is 14.5 Å². The Kier molecular flexibility index (Phi) is 11.9. The topological polar surface area (TPSA) is 82.1 Å². The molecule has 224 valence electrons. The van der Waals surface area contributed by atoms with Crippen molar-refractivity contribution in [3.05, 3.63) is 103 Å². The van der Waals surface area contributed by atoms with E-state index in [2.05, 4.69) is 98.7 Å². The van der Waals surface area contributed by atoms with Gasteiger partial charge in [-0.25, -0.2) is 8.42 Å². The lowest BCUT2D eigenvalue weighted by Gasteiger charge is -2.16. The summed E-state index contributed by atoms with van der Waals surface area (Å²) in [6.45, 7) is 6.34. The molecule has 0 aliphatic rings. The Bertz CT molecular complexity index is 1440. The quantitative estimate of drug-likeness (QED) is 0.114. The Morgan fingerprint density at radius 3 is 1.48 bits per heavy atom. The van der Waals surface area contributed by atoms with Gasteiger partial charge >= 0.3 is 0 Å². The molecule has 0 fully saturated rings. The summed E-state index contributed by atoms with van der Waals surface area (Å²) in [5.41, 5.74) is 3.32. The minimum Gasteiger partial charge on any atom is -0.744 e. The average Bonchev–Trinajstić information content (AvgIpc) is 2.95. The van der Waals surface area contributed by atoms with Gasteiger partial charge in [0.05, 0.1) is 15.8 Å². The van der Waals surface area contributed by atoms with Gasteiger partial charge in [-0.15, -0.1) is 0 Å². The second kappa shape index (κ2) is 15.1. The largest absolute Gasteiger partial charge is 0.744 e. The van der Waals surface area contributed by atoms with Crippen molar-refractivity contribution in [2.75, 3.05) is 44.6 Å². The van der Waals surface area contributed by atoms with E-state index in [0.717, 1.165) is 11.3 Å². The van der Waals surface area contributed by atoms with Crippen molar-refractivity contribution in [3.63, 3.8) is 0 Å². The molecule has 0 bridgehead atoms. The molecular formula is C33H40N2O5S2. The SMILES string of the molecule is CCOC(C)Oc1ccc([S+](c2ccc(N(C)C)cc2)c2ccc(N(C)C)cc2)cc1.Cc1ccc(S(=O)(=O)[O-])cc1. The van der Waals surface area contributed by atoms with Gasteiger partial charge in [-0.3, -0.25) is 0 Å². The average molecular weight is 609 g/mol. The van der Waals surface area contributed by atoms with Crippen LogP contribution in [0.25, 0.3) is 0 Å². The van der Waals surface area contributed by atoms with Gasteiger partial charge in [0.1, 0.15) is 15.9 Å². The van der Waals surface area contributed by atoms with Crippen LogP contribution in [0.3, 0.4) is 0 Å². The molecule has 1 unspecified atom stereocenters. The lowest BCUT2D eigenvalue weighted by atomic mass is 10.2. The predicted octanol–water partition coefficient (Wildman–Crippen LogP) is 6.57. The van der Waals surface area contributed by atoms with Crippen LogP contribution in [0.2, 0.25) is 0 Å². The maximum atomic E-state index is 10.4. The van der Waals surface area contributed by atoms with Crippen molar-refractivity contribution >= 4 is 32.4 Å². The van der Waals surface area contributed by atoms with E-state index in [1.165, 1.54) is 38.2 Å². The molecule has 0 aliphatic carbocycles. The van der Waals surface area contributed by atoms with Crippen LogP contribution in [0.4, 0.5) is 11.4 Å². The monoisotopic (exact) mass is 608 g/mol. The van der Waals surface area contributed by atoms with Gasteiger partial charge in [-0.05, 0) is 106 Å². The molecule has 1 atom stereocenters. The molecule has 0 aromatic heterocycles. The van der Waals surface area contributed by atoms with Crippen molar-refractivity contribution < 1.29 is 22.4 Å². The van der Waals surface area contributed by atoms with E-state index in [1.807, 2.05) is 32.9 Å². The molecule has 0 N–H and O–H groups in total. The Hall–Kier alpha value is -3.50. The first kappa shape index (κ1) is 33.0. The normalized spacial score (nSPS) is 11.8. The molecular weight excluding hydrogens is 569 g/mol. The van der Waals surface area contributed by atoms with Crippen molar-refractivity contribution in [1.82, 2.24) is 0 Å². The first-order valence-electron chi connectivity index (χ1n) is 13.6. The van der Waals surface area contributed by atoms with E-state index >= 15 is 0 Å². The molecule has 0 heterocycles. The third-order valence-electron chi connectivity index (χ3n) is 6.25. The van der Waals surface area contributed by atoms with Crippen LogP contribution in [0.1, 0.15) is 19.4 Å².